The molecule has 1 aromatic rings. The Bertz CT molecular complexity index is 485. The summed E-state index contributed by atoms with van der Waals surface area (Å²) in [6, 6.07) is 4.84. The molecule has 0 bridgehead atoms. The van der Waals surface area contributed by atoms with Crippen molar-refractivity contribution in [3.8, 4) is 5.75 Å². The lowest BCUT2D eigenvalue weighted by Crippen LogP contribution is -2.37. The molecule has 5 nitrogen and oxygen atoms in total. The van der Waals surface area contributed by atoms with Gasteiger partial charge in [0.25, 0.3) is 5.91 Å². The lowest BCUT2D eigenvalue weighted by molar-refractivity contribution is -0.121. The van der Waals surface area contributed by atoms with Crippen LogP contribution in [0.25, 0.3) is 0 Å². The molecule has 2 N–H and O–H groups in total. The molecule has 0 aromatic heterocycles. The van der Waals surface area contributed by atoms with Crippen LogP contribution in [0.15, 0.2) is 18.2 Å². The minimum absolute atomic E-state index is 0.0773. The number of aromatic hydroxyl groups is 1. The summed E-state index contributed by atoms with van der Waals surface area (Å²) in [7, 11) is 0. The number of hydrogen-bond acceptors (Lipinski definition) is 3. The molecule has 2 rings (SSSR count). The summed E-state index contributed by atoms with van der Waals surface area (Å²) in [5.41, 5.74) is 0.997. The third-order valence-electron chi connectivity index (χ3n) is 3.08. The number of carbonyl (C=O) groups excluding carboxylic acids is 2. The maximum Gasteiger partial charge on any atom is 0.254 e. The highest BCUT2D eigenvalue weighted by molar-refractivity contribution is 5.98. The molecule has 5 heteroatoms. The first-order valence-corrected chi connectivity index (χ1v) is 5.94. The molecular weight excluding hydrogens is 232 g/mol. The molecule has 1 fully saturated rings. The highest BCUT2D eigenvalue weighted by Gasteiger charge is 2.22. The van der Waals surface area contributed by atoms with Crippen molar-refractivity contribution in [2.45, 2.75) is 13.3 Å². The molecule has 1 aliphatic heterocycles. The van der Waals surface area contributed by atoms with Crippen molar-refractivity contribution in [3.05, 3.63) is 29.3 Å². The van der Waals surface area contributed by atoms with Gasteiger partial charge in [-0.05, 0) is 25.5 Å². The van der Waals surface area contributed by atoms with Gasteiger partial charge in [-0.1, -0.05) is 6.07 Å². The van der Waals surface area contributed by atoms with Crippen LogP contribution < -0.4 is 5.32 Å². The van der Waals surface area contributed by atoms with Gasteiger partial charge in [0, 0.05) is 24.2 Å². The van der Waals surface area contributed by atoms with Crippen LogP contribution in [0.5, 0.6) is 5.75 Å². The zero-order chi connectivity index (χ0) is 13.1. The average molecular weight is 248 g/mol. The van der Waals surface area contributed by atoms with E-state index in [1.807, 2.05) is 0 Å². The van der Waals surface area contributed by atoms with E-state index in [0.29, 0.717) is 24.2 Å². The molecule has 1 saturated heterocycles. The van der Waals surface area contributed by atoms with Gasteiger partial charge in [0.15, 0.2) is 0 Å². The zero-order valence-corrected chi connectivity index (χ0v) is 10.3. The third kappa shape index (κ3) is 2.45. The van der Waals surface area contributed by atoms with E-state index >= 15 is 0 Å². The van der Waals surface area contributed by atoms with Gasteiger partial charge in [0.05, 0.1) is 6.54 Å². The predicted molar refractivity (Wildman–Crippen MR) is 66.4 cm³/mol. The second-order valence-electron chi connectivity index (χ2n) is 4.38. The molecule has 2 amide bonds. The molecular formula is C13H16N2O3. The maximum absolute atomic E-state index is 12.3. The maximum atomic E-state index is 12.3. The fourth-order valence-corrected chi connectivity index (χ4v) is 2.00. The Morgan fingerprint density at radius 2 is 2.22 bits per heavy atom. The van der Waals surface area contributed by atoms with E-state index in [1.165, 1.54) is 4.90 Å². The van der Waals surface area contributed by atoms with Crippen LogP contribution >= 0.6 is 0 Å². The number of nitrogens with one attached hydrogen (secondary N) is 1. The summed E-state index contributed by atoms with van der Waals surface area (Å²) in [6.45, 7) is 2.92. The largest absolute Gasteiger partial charge is 0.508 e. The first kappa shape index (κ1) is 12.4. The summed E-state index contributed by atoms with van der Waals surface area (Å²) in [5, 5.41) is 12.3. The quantitative estimate of drug-likeness (QED) is 0.767. The van der Waals surface area contributed by atoms with Crippen LogP contribution in [0.3, 0.4) is 0 Å². The molecule has 0 radical (unpaired) electrons. The van der Waals surface area contributed by atoms with E-state index in [1.54, 1.807) is 25.1 Å². The van der Waals surface area contributed by atoms with Gasteiger partial charge in [0.2, 0.25) is 5.91 Å². The standard InChI is InChI=1S/C13H16N2O3/c1-9-10(4-2-5-11(9)16)13(18)15-7-3-6-14-12(17)8-15/h2,4-5,16H,3,6-8H2,1H3,(H,14,17). The molecule has 18 heavy (non-hydrogen) atoms. The van der Waals surface area contributed by atoms with E-state index in [-0.39, 0.29) is 24.1 Å². The lowest BCUT2D eigenvalue weighted by Gasteiger charge is -2.20. The van der Waals surface area contributed by atoms with E-state index < -0.39 is 0 Å². The second-order valence-corrected chi connectivity index (χ2v) is 4.38. The smallest absolute Gasteiger partial charge is 0.254 e. The number of nitrogens with zero attached hydrogens (tertiary/aromatic N) is 1. The number of phenols is 1. The van der Waals surface area contributed by atoms with Crippen LogP contribution in [0, 0.1) is 6.92 Å². The van der Waals surface area contributed by atoms with Crippen LogP contribution in [-0.4, -0.2) is 41.5 Å². The van der Waals surface area contributed by atoms with Crippen molar-refractivity contribution in [1.82, 2.24) is 10.2 Å². The van der Waals surface area contributed by atoms with Gasteiger partial charge in [-0.15, -0.1) is 0 Å². The first-order valence-electron chi connectivity index (χ1n) is 5.94. The van der Waals surface area contributed by atoms with E-state index in [4.69, 9.17) is 0 Å². The Hall–Kier alpha value is -2.04. The van der Waals surface area contributed by atoms with Crippen LogP contribution in [0.4, 0.5) is 0 Å². The van der Waals surface area contributed by atoms with Crippen molar-refractivity contribution >= 4 is 11.8 Å². The van der Waals surface area contributed by atoms with Gasteiger partial charge in [-0.2, -0.15) is 0 Å². The average Bonchev–Trinajstić information content (AvgIpc) is 2.56. The fourth-order valence-electron chi connectivity index (χ4n) is 2.00. The number of rotatable bonds is 1. The molecule has 1 heterocycles. The number of amides is 2. The van der Waals surface area contributed by atoms with Crippen molar-refractivity contribution in [2.24, 2.45) is 0 Å². The van der Waals surface area contributed by atoms with Gasteiger partial charge in [-0.25, -0.2) is 0 Å². The number of phenolic OH excluding ortho intramolecular Hbond substituents is 1. The van der Waals surface area contributed by atoms with Crippen LogP contribution in [0.1, 0.15) is 22.3 Å². The molecule has 0 saturated carbocycles. The minimum atomic E-state index is -0.208. The summed E-state index contributed by atoms with van der Waals surface area (Å²) in [5.74, 6) is -0.251. The second kappa shape index (κ2) is 5.08. The SMILES string of the molecule is Cc1c(O)cccc1C(=O)N1CCCNC(=O)C1. The Labute approximate surface area is 105 Å². The topological polar surface area (TPSA) is 69.6 Å². The molecule has 0 spiro atoms. The van der Waals surface area contributed by atoms with Crippen LogP contribution in [-0.2, 0) is 4.79 Å². The summed E-state index contributed by atoms with van der Waals surface area (Å²) < 4.78 is 0. The van der Waals surface area contributed by atoms with Crippen LogP contribution in [0.2, 0.25) is 0 Å². The number of carbonyl (C=O) groups is 2. The molecule has 0 aliphatic carbocycles. The Kier molecular flexibility index (Phi) is 3.50. The van der Waals surface area contributed by atoms with Crippen molar-refractivity contribution in [3.63, 3.8) is 0 Å². The summed E-state index contributed by atoms with van der Waals surface area (Å²) in [4.78, 5) is 25.3. The van der Waals surface area contributed by atoms with E-state index in [2.05, 4.69) is 5.32 Å². The Balaban J connectivity index is 2.24. The number of benzene rings is 1. The molecule has 1 aliphatic rings. The van der Waals surface area contributed by atoms with Gasteiger partial charge in [-0.3, -0.25) is 9.59 Å². The monoisotopic (exact) mass is 248 g/mol. The zero-order valence-electron chi connectivity index (χ0n) is 10.3. The molecule has 0 atom stereocenters. The molecule has 0 unspecified atom stereocenters. The van der Waals surface area contributed by atoms with Crippen molar-refractivity contribution in [2.75, 3.05) is 19.6 Å². The molecule has 96 valence electrons. The normalized spacial score (nSPS) is 16.1. The highest BCUT2D eigenvalue weighted by atomic mass is 16.3. The van der Waals surface area contributed by atoms with Gasteiger partial charge in [0.1, 0.15) is 5.75 Å². The summed E-state index contributed by atoms with van der Waals surface area (Å²) in [6.07, 6.45) is 0.745. The predicted octanol–water partition coefficient (Wildman–Crippen LogP) is 0.663. The Morgan fingerprint density at radius 1 is 1.44 bits per heavy atom. The Morgan fingerprint density at radius 3 is 3.00 bits per heavy atom. The third-order valence-corrected chi connectivity index (χ3v) is 3.08. The van der Waals surface area contributed by atoms with Gasteiger partial charge >= 0.3 is 0 Å². The van der Waals surface area contributed by atoms with Gasteiger partial charge < -0.3 is 15.3 Å². The molecule has 1 aromatic carbocycles. The van der Waals surface area contributed by atoms with E-state index in [9.17, 15) is 14.7 Å². The van der Waals surface area contributed by atoms with E-state index in [0.717, 1.165) is 6.42 Å². The van der Waals surface area contributed by atoms with Crippen molar-refractivity contribution < 1.29 is 14.7 Å². The first-order chi connectivity index (χ1) is 8.59. The minimum Gasteiger partial charge on any atom is -0.508 e. The highest BCUT2D eigenvalue weighted by Crippen LogP contribution is 2.21. The number of hydrogen-bond donors (Lipinski definition) is 2. The van der Waals surface area contributed by atoms with Crippen molar-refractivity contribution in [1.29, 1.82) is 0 Å². The lowest BCUT2D eigenvalue weighted by atomic mass is 10.1. The fraction of sp³-hybridized carbons (Fsp3) is 0.385. The summed E-state index contributed by atoms with van der Waals surface area (Å²) >= 11 is 0.